The van der Waals surface area contributed by atoms with Crippen molar-refractivity contribution in [3.8, 4) is 17.2 Å². The average molecular weight is 358 g/mol. The van der Waals surface area contributed by atoms with Crippen LogP contribution in [0.15, 0.2) is 60.7 Å². The summed E-state index contributed by atoms with van der Waals surface area (Å²) in [6.45, 7) is 3.88. The Hall–Kier alpha value is -3.45. The maximum Gasteiger partial charge on any atom is 0.229 e. The molecule has 134 valence electrons. The minimum Gasteiger partial charge on any atom is -0.369 e. The van der Waals surface area contributed by atoms with Gasteiger partial charge < -0.3 is 5.73 Å². The lowest BCUT2D eigenvalue weighted by Gasteiger charge is -2.22. The number of nitriles is 1. The number of primary amides is 1. The highest BCUT2D eigenvalue weighted by molar-refractivity contribution is 5.90. The number of carbonyl (C=O) groups excluding carboxylic acids is 1. The van der Waals surface area contributed by atoms with E-state index in [2.05, 4.69) is 6.07 Å². The SMILES string of the molecule is Cc1cc(C)c(C(C(N)=O)c2ccc(F)cc2)c(-c2ccccc2C#N)c1. The zero-order chi connectivity index (χ0) is 19.6. The summed E-state index contributed by atoms with van der Waals surface area (Å²) in [6, 6.07) is 19.2. The minimum atomic E-state index is -0.743. The second-order valence-electron chi connectivity index (χ2n) is 6.59. The largest absolute Gasteiger partial charge is 0.369 e. The molecule has 0 aromatic heterocycles. The predicted molar refractivity (Wildman–Crippen MR) is 104 cm³/mol. The quantitative estimate of drug-likeness (QED) is 0.741. The molecule has 0 radical (unpaired) electrons. The number of nitrogens with two attached hydrogens (primary N) is 1. The van der Waals surface area contributed by atoms with Crippen molar-refractivity contribution in [2.75, 3.05) is 0 Å². The number of hydrogen-bond acceptors (Lipinski definition) is 2. The number of amides is 1. The Balaban J connectivity index is 2.33. The van der Waals surface area contributed by atoms with Crippen LogP contribution in [0.5, 0.6) is 0 Å². The monoisotopic (exact) mass is 358 g/mol. The lowest BCUT2D eigenvalue weighted by Crippen LogP contribution is -2.24. The maximum absolute atomic E-state index is 13.4. The molecule has 0 saturated heterocycles. The number of aryl methyl sites for hydroxylation is 2. The van der Waals surface area contributed by atoms with Gasteiger partial charge in [0.25, 0.3) is 0 Å². The fourth-order valence-corrected chi connectivity index (χ4v) is 3.53. The molecule has 3 rings (SSSR count). The Morgan fingerprint density at radius 1 is 1.04 bits per heavy atom. The van der Waals surface area contributed by atoms with Crippen molar-refractivity contribution in [2.45, 2.75) is 19.8 Å². The van der Waals surface area contributed by atoms with E-state index >= 15 is 0 Å². The normalized spacial score (nSPS) is 11.6. The Bertz CT molecular complexity index is 1050. The Kier molecular flexibility index (Phi) is 5.05. The third-order valence-corrected chi connectivity index (χ3v) is 4.65. The van der Waals surface area contributed by atoms with Gasteiger partial charge in [-0.15, -0.1) is 0 Å². The fourth-order valence-electron chi connectivity index (χ4n) is 3.53. The molecule has 0 fully saturated rings. The van der Waals surface area contributed by atoms with Gasteiger partial charge in [-0.25, -0.2) is 4.39 Å². The van der Waals surface area contributed by atoms with Crippen molar-refractivity contribution in [1.29, 1.82) is 5.26 Å². The summed E-state index contributed by atoms with van der Waals surface area (Å²) < 4.78 is 13.4. The number of hydrogen-bond donors (Lipinski definition) is 1. The summed E-state index contributed by atoms with van der Waals surface area (Å²) >= 11 is 0. The zero-order valence-corrected chi connectivity index (χ0v) is 15.2. The van der Waals surface area contributed by atoms with Gasteiger partial charge in [-0.3, -0.25) is 4.79 Å². The molecule has 0 heterocycles. The Morgan fingerprint density at radius 3 is 2.33 bits per heavy atom. The molecule has 0 saturated carbocycles. The van der Waals surface area contributed by atoms with Gasteiger partial charge in [-0.05, 0) is 59.9 Å². The second-order valence-corrected chi connectivity index (χ2v) is 6.59. The molecule has 0 spiro atoms. The number of benzene rings is 3. The maximum atomic E-state index is 13.4. The van der Waals surface area contributed by atoms with Crippen LogP contribution in [0.25, 0.3) is 11.1 Å². The van der Waals surface area contributed by atoms with Crippen molar-refractivity contribution >= 4 is 5.91 Å². The third kappa shape index (κ3) is 3.58. The third-order valence-electron chi connectivity index (χ3n) is 4.65. The van der Waals surface area contributed by atoms with Gasteiger partial charge in [0.15, 0.2) is 0 Å². The summed E-state index contributed by atoms with van der Waals surface area (Å²) in [5.41, 5.74) is 11.1. The van der Waals surface area contributed by atoms with Crippen LogP contribution in [0.4, 0.5) is 4.39 Å². The van der Waals surface area contributed by atoms with Crippen LogP contribution in [0.2, 0.25) is 0 Å². The van der Waals surface area contributed by atoms with Gasteiger partial charge in [-0.1, -0.05) is 48.0 Å². The van der Waals surface area contributed by atoms with Gasteiger partial charge in [-0.2, -0.15) is 5.26 Å². The van der Waals surface area contributed by atoms with Gasteiger partial charge in [0.05, 0.1) is 17.6 Å². The van der Waals surface area contributed by atoms with Crippen LogP contribution in [0.3, 0.4) is 0 Å². The van der Waals surface area contributed by atoms with Crippen molar-refractivity contribution in [3.05, 3.63) is 94.3 Å². The molecule has 3 aromatic rings. The topological polar surface area (TPSA) is 66.9 Å². The smallest absolute Gasteiger partial charge is 0.229 e. The van der Waals surface area contributed by atoms with Crippen molar-refractivity contribution in [2.24, 2.45) is 5.73 Å². The lowest BCUT2D eigenvalue weighted by atomic mass is 9.81. The van der Waals surface area contributed by atoms with E-state index < -0.39 is 11.8 Å². The summed E-state index contributed by atoms with van der Waals surface area (Å²) in [5.74, 6) is -1.64. The van der Waals surface area contributed by atoms with Crippen molar-refractivity contribution in [3.63, 3.8) is 0 Å². The first kappa shape index (κ1) is 18.3. The van der Waals surface area contributed by atoms with E-state index in [4.69, 9.17) is 5.73 Å². The number of rotatable bonds is 4. The van der Waals surface area contributed by atoms with E-state index in [-0.39, 0.29) is 5.82 Å². The Morgan fingerprint density at radius 2 is 1.70 bits per heavy atom. The summed E-state index contributed by atoms with van der Waals surface area (Å²) in [7, 11) is 0. The van der Waals surface area contributed by atoms with Crippen LogP contribution in [-0.4, -0.2) is 5.91 Å². The standard InChI is InChI=1S/C23H19FN2O/c1-14-11-15(2)21(20(12-14)19-6-4-3-5-17(19)13-25)22(23(26)27)16-7-9-18(24)10-8-16/h3-12,22H,1-2H3,(H2,26,27). The number of nitrogens with zero attached hydrogens (tertiary/aromatic N) is 1. The van der Waals surface area contributed by atoms with Crippen LogP contribution in [0.1, 0.15) is 33.7 Å². The van der Waals surface area contributed by atoms with Crippen LogP contribution in [-0.2, 0) is 4.79 Å². The molecule has 4 heteroatoms. The first-order valence-corrected chi connectivity index (χ1v) is 8.57. The lowest BCUT2D eigenvalue weighted by molar-refractivity contribution is -0.118. The highest BCUT2D eigenvalue weighted by atomic mass is 19.1. The fraction of sp³-hybridized carbons (Fsp3) is 0.130. The van der Waals surface area contributed by atoms with E-state index in [1.54, 1.807) is 24.3 Å². The van der Waals surface area contributed by atoms with Gasteiger partial charge in [0.1, 0.15) is 5.82 Å². The van der Waals surface area contributed by atoms with Crippen LogP contribution in [0, 0.1) is 31.0 Å². The van der Waals surface area contributed by atoms with E-state index in [1.807, 2.05) is 38.1 Å². The molecule has 3 nitrogen and oxygen atoms in total. The van der Waals surface area contributed by atoms with Crippen molar-refractivity contribution in [1.82, 2.24) is 0 Å². The molecule has 1 amide bonds. The molecule has 3 aromatic carbocycles. The van der Waals surface area contributed by atoms with Crippen molar-refractivity contribution < 1.29 is 9.18 Å². The molecule has 27 heavy (non-hydrogen) atoms. The predicted octanol–water partition coefficient (Wildman–Crippen LogP) is 4.60. The molecular formula is C23H19FN2O. The first-order valence-electron chi connectivity index (χ1n) is 8.57. The molecule has 0 aliphatic rings. The highest BCUT2D eigenvalue weighted by Crippen LogP contribution is 2.38. The Labute approximate surface area is 157 Å². The minimum absolute atomic E-state index is 0.377. The van der Waals surface area contributed by atoms with Crippen LogP contribution < -0.4 is 5.73 Å². The van der Waals surface area contributed by atoms with Gasteiger partial charge >= 0.3 is 0 Å². The van der Waals surface area contributed by atoms with E-state index in [9.17, 15) is 14.4 Å². The first-order chi connectivity index (χ1) is 12.9. The molecule has 0 bridgehead atoms. The van der Waals surface area contributed by atoms with Crippen LogP contribution >= 0.6 is 0 Å². The summed E-state index contributed by atoms with van der Waals surface area (Å²) in [4.78, 5) is 12.4. The zero-order valence-electron chi connectivity index (χ0n) is 15.2. The average Bonchev–Trinajstić information content (AvgIpc) is 2.64. The second kappa shape index (κ2) is 7.43. The molecule has 1 atom stereocenters. The summed E-state index contributed by atoms with van der Waals surface area (Å²) in [6.07, 6.45) is 0. The molecule has 2 N–H and O–H groups in total. The highest BCUT2D eigenvalue weighted by Gasteiger charge is 2.26. The number of halogens is 1. The van der Waals surface area contributed by atoms with E-state index in [1.165, 1.54) is 12.1 Å². The van der Waals surface area contributed by atoms with E-state index in [0.29, 0.717) is 11.1 Å². The molecule has 0 aliphatic heterocycles. The summed E-state index contributed by atoms with van der Waals surface area (Å²) in [5, 5.41) is 9.52. The van der Waals surface area contributed by atoms with Gasteiger partial charge in [0, 0.05) is 0 Å². The van der Waals surface area contributed by atoms with E-state index in [0.717, 1.165) is 27.8 Å². The number of carbonyl (C=O) groups is 1. The molecular weight excluding hydrogens is 339 g/mol. The molecule has 0 aliphatic carbocycles. The molecule has 1 unspecified atom stereocenters. The van der Waals surface area contributed by atoms with Gasteiger partial charge in [0.2, 0.25) is 5.91 Å².